The molecule has 0 spiro atoms. The first-order valence-electron chi connectivity index (χ1n) is 6.18. The highest BCUT2D eigenvalue weighted by atomic mass is 16.3. The monoisotopic (exact) mass is 256 g/mol. The maximum absolute atomic E-state index is 12.3. The average Bonchev–Trinajstić information content (AvgIpc) is 2.46. The molecule has 98 valence electrons. The van der Waals surface area contributed by atoms with Gasteiger partial charge in [-0.1, -0.05) is 0 Å². The van der Waals surface area contributed by atoms with Gasteiger partial charge in [0, 0.05) is 31.0 Å². The molecule has 2 rings (SSSR count). The number of aromatic hydroxyl groups is 1. The summed E-state index contributed by atoms with van der Waals surface area (Å²) in [4.78, 5) is 18.0. The lowest BCUT2D eigenvalue weighted by Crippen LogP contribution is -2.30. The van der Waals surface area contributed by atoms with E-state index in [2.05, 4.69) is 4.98 Å². The highest BCUT2D eigenvalue weighted by molar-refractivity contribution is 5.94. The molecule has 4 heteroatoms. The van der Waals surface area contributed by atoms with E-state index >= 15 is 0 Å². The van der Waals surface area contributed by atoms with Crippen LogP contribution in [0, 0.1) is 0 Å². The minimum Gasteiger partial charge on any atom is -0.508 e. The predicted octanol–water partition coefficient (Wildman–Crippen LogP) is 2.45. The summed E-state index contributed by atoms with van der Waals surface area (Å²) in [6.45, 7) is 3.13. The molecule has 0 saturated carbocycles. The Morgan fingerprint density at radius 3 is 2.37 bits per heavy atom. The predicted molar refractivity (Wildman–Crippen MR) is 72.8 cm³/mol. The molecule has 4 nitrogen and oxygen atoms in total. The molecule has 1 aromatic heterocycles. The van der Waals surface area contributed by atoms with Crippen LogP contribution in [0.1, 0.15) is 22.8 Å². The molecule has 1 amide bonds. The lowest BCUT2D eigenvalue weighted by molar-refractivity contribution is 0.0752. The number of amides is 1. The summed E-state index contributed by atoms with van der Waals surface area (Å²) in [6, 6.07) is 10.1. The third kappa shape index (κ3) is 3.31. The summed E-state index contributed by atoms with van der Waals surface area (Å²) >= 11 is 0. The molecule has 0 saturated heterocycles. The van der Waals surface area contributed by atoms with Gasteiger partial charge in [-0.3, -0.25) is 9.78 Å². The van der Waals surface area contributed by atoms with Gasteiger partial charge in [-0.15, -0.1) is 0 Å². The molecule has 19 heavy (non-hydrogen) atoms. The Morgan fingerprint density at radius 2 is 1.79 bits per heavy atom. The molecule has 2 aromatic rings. The smallest absolute Gasteiger partial charge is 0.254 e. The van der Waals surface area contributed by atoms with Gasteiger partial charge < -0.3 is 10.0 Å². The van der Waals surface area contributed by atoms with Crippen molar-refractivity contribution < 1.29 is 9.90 Å². The van der Waals surface area contributed by atoms with E-state index in [0.29, 0.717) is 18.7 Å². The van der Waals surface area contributed by atoms with Crippen molar-refractivity contribution in [2.24, 2.45) is 0 Å². The molecule has 0 aliphatic carbocycles. The molecule has 1 N–H and O–H groups in total. The van der Waals surface area contributed by atoms with Gasteiger partial charge >= 0.3 is 0 Å². The summed E-state index contributed by atoms with van der Waals surface area (Å²) in [5.74, 6) is 0.119. The zero-order chi connectivity index (χ0) is 13.7. The van der Waals surface area contributed by atoms with Crippen LogP contribution in [-0.2, 0) is 6.54 Å². The molecular weight excluding hydrogens is 240 g/mol. The van der Waals surface area contributed by atoms with Crippen molar-refractivity contribution in [3.05, 3.63) is 59.9 Å². The Hall–Kier alpha value is -2.36. The first-order valence-corrected chi connectivity index (χ1v) is 6.18. The van der Waals surface area contributed by atoms with E-state index in [4.69, 9.17) is 0 Å². The molecule has 0 bridgehead atoms. The number of carbonyl (C=O) groups is 1. The average molecular weight is 256 g/mol. The number of aromatic nitrogens is 1. The normalized spacial score (nSPS) is 10.2. The highest BCUT2D eigenvalue weighted by Gasteiger charge is 2.14. The van der Waals surface area contributed by atoms with E-state index in [-0.39, 0.29) is 11.7 Å². The number of hydrogen-bond donors (Lipinski definition) is 1. The van der Waals surface area contributed by atoms with E-state index in [1.165, 1.54) is 12.1 Å². The number of rotatable bonds is 4. The summed E-state index contributed by atoms with van der Waals surface area (Å²) in [6.07, 6.45) is 3.43. The van der Waals surface area contributed by atoms with Crippen molar-refractivity contribution in [1.82, 2.24) is 9.88 Å². The third-order valence-corrected chi connectivity index (χ3v) is 2.91. The van der Waals surface area contributed by atoms with E-state index in [9.17, 15) is 9.90 Å². The van der Waals surface area contributed by atoms with Crippen LogP contribution in [0.15, 0.2) is 48.8 Å². The maximum Gasteiger partial charge on any atom is 0.254 e. The topological polar surface area (TPSA) is 53.4 Å². The third-order valence-electron chi connectivity index (χ3n) is 2.91. The van der Waals surface area contributed by atoms with Crippen molar-refractivity contribution in [2.75, 3.05) is 6.54 Å². The van der Waals surface area contributed by atoms with Crippen molar-refractivity contribution in [2.45, 2.75) is 13.5 Å². The first-order chi connectivity index (χ1) is 9.20. The van der Waals surface area contributed by atoms with Crippen molar-refractivity contribution in [3.63, 3.8) is 0 Å². The summed E-state index contributed by atoms with van der Waals surface area (Å²) in [5, 5.41) is 9.24. The molecule has 1 aromatic carbocycles. The zero-order valence-corrected chi connectivity index (χ0v) is 10.8. The number of phenolic OH excluding ortho intramolecular Hbond substituents is 1. The van der Waals surface area contributed by atoms with Crippen LogP contribution < -0.4 is 0 Å². The van der Waals surface area contributed by atoms with E-state index in [1.807, 2.05) is 19.1 Å². The number of hydrogen-bond acceptors (Lipinski definition) is 3. The van der Waals surface area contributed by atoms with Crippen LogP contribution in [0.4, 0.5) is 0 Å². The molecule has 0 atom stereocenters. The Bertz CT molecular complexity index is 538. The minimum absolute atomic E-state index is 0.0423. The van der Waals surface area contributed by atoms with Gasteiger partial charge in [-0.25, -0.2) is 0 Å². The summed E-state index contributed by atoms with van der Waals surface area (Å²) in [7, 11) is 0. The number of carbonyl (C=O) groups excluding carboxylic acids is 1. The highest BCUT2D eigenvalue weighted by Crippen LogP contribution is 2.13. The molecule has 0 fully saturated rings. The number of phenols is 1. The second-order valence-corrected chi connectivity index (χ2v) is 4.22. The number of nitrogens with zero attached hydrogens (tertiary/aromatic N) is 2. The van der Waals surface area contributed by atoms with Gasteiger partial charge in [0.1, 0.15) is 5.75 Å². The molecule has 0 radical (unpaired) electrons. The van der Waals surface area contributed by atoms with Crippen LogP contribution in [-0.4, -0.2) is 27.4 Å². The van der Waals surface area contributed by atoms with Gasteiger partial charge in [-0.05, 0) is 48.9 Å². The van der Waals surface area contributed by atoms with Crippen LogP contribution in [0.2, 0.25) is 0 Å². The second kappa shape index (κ2) is 6.00. The Kier molecular flexibility index (Phi) is 4.13. The van der Waals surface area contributed by atoms with Crippen LogP contribution >= 0.6 is 0 Å². The van der Waals surface area contributed by atoms with Crippen LogP contribution in [0.5, 0.6) is 5.75 Å². The molecule has 0 aliphatic rings. The zero-order valence-electron chi connectivity index (χ0n) is 10.8. The number of benzene rings is 1. The Morgan fingerprint density at radius 1 is 1.16 bits per heavy atom. The SMILES string of the molecule is CCN(Cc1ccncc1)C(=O)c1ccc(O)cc1. The molecular formula is C15H16N2O2. The van der Waals surface area contributed by atoms with Gasteiger partial charge in [0.2, 0.25) is 0 Å². The molecule has 1 heterocycles. The minimum atomic E-state index is -0.0423. The van der Waals surface area contributed by atoms with E-state index < -0.39 is 0 Å². The van der Waals surface area contributed by atoms with Gasteiger partial charge in [0.05, 0.1) is 0 Å². The fourth-order valence-corrected chi connectivity index (χ4v) is 1.82. The Balaban J connectivity index is 2.13. The van der Waals surface area contributed by atoms with Gasteiger partial charge in [0.25, 0.3) is 5.91 Å². The maximum atomic E-state index is 12.3. The quantitative estimate of drug-likeness (QED) is 0.914. The standard InChI is InChI=1S/C15H16N2O2/c1-2-17(11-12-7-9-16-10-8-12)15(19)13-3-5-14(18)6-4-13/h3-10,18H,2,11H2,1H3. The molecule has 0 aliphatic heterocycles. The van der Waals surface area contributed by atoms with Crippen molar-refractivity contribution in [3.8, 4) is 5.75 Å². The second-order valence-electron chi connectivity index (χ2n) is 4.22. The summed E-state index contributed by atoms with van der Waals surface area (Å²) < 4.78 is 0. The van der Waals surface area contributed by atoms with E-state index in [0.717, 1.165) is 5.56 Å². The van der Waals surface area contributed by atoms with Gasteiger partial charge in [0.15, 0.2) is 0 Å². The van der Waals surface area contributed by atoms with Crippen molar-refractivity contribution in [1.29, 1.82) is 0 Å². The lowest BCUT2D eigenvalue weighted by atomic mass is 10.1. The van der Waals surface area contributed by atoms with Crippen LogP contribution in [0.3, 0.4) is 0 Å². The fraction of sp³-hybridized carbons (Fsp3) is 0.200. The summed E-state index contributed by atoms with van der Waals surface area (Å²) in [5.41, 5.74) is 1.62. The molecule has 0 unspecified atom stereocenters. The largest absolute Gasteiger partial charge is 0.508 e. The first kappa shape index (κ1) is 13.1. The fourth-order valence-electron chi connectivity index (χ4n) is 1.82. The van der Waals surface area contributed by atoms with Gasteiger partial charge in [-0.2, -0.15) is 0 Å². The lowest BCUT2D eigenvalue weighted by Gasteiger charge is -2.21. The number of pyridine rings is 1. The van der Waals surface area contributed by atoms with E-state index in [1.54, 1.807) is 29.4 Å². The Labute approximate surface area is 112 Å². The van der Waals surface area contributed by atoms with Crippen molar-refractivity contribution >= 4 is 5.91 Å². The van der Waals surface area contributed by atoms with Crippen LogP contribution in [0.25, 0.3) is 0 Å².